The molecule has 0 radical (unpaired) electrons. The van der Waals surface area contributed by atoms with Crippen LogP contribution in [0.25, 0.3) is 0 Å². The summed E-state index contributed by atoms with van der Waals surface area (Å²) in [5, 5.41) is 4.57. The molecule has 2 fully saturated rings. The average Bonchev–Trinajstić information content (AvgIpc) is 2.92. The van der Waals surface area contributed by atoms with E-state index in [1.54, 1.807) is 0 Å². The van der Waals surface area contributed by atoms with E-state index in [0.29, 0.717) is 5.92 Å². The minimum absolute atomic E-state index is 0.110. The van der Waals surface area contributed by atoms with Crippen molar-refractivity contribution in [2.75, 3.05) is 13.2 Å². The third-order valence-electron chi connectivity index (χ3n) is 3.85. The monoisotopic (exact) mass is 221 g/mol. The maximum absolute atomic E-state index is 6.18. The smallest absolute Gasteiger partial charge is 0.0826 e. The van der Waals surface area contributed by atoms with Gasteiger partial charge in [-0.1, -0.05) is 0 Å². The van der Waals surface area contributed by atoms with Gasteiger partial charge in [0.05, 0.1) is 11.2 Å². The number of hydrogen-bond acceptors (Lipinski definition) is 3. The van der Waals surface area contributed by atoms with E-state index >= 15 is 0 Å². The molecule has 1 aromatic rings. The van der Waals surface area contributed by atoms with E-state index in [1.807, 2.05) is 11.7 Å². The molecular formula is C12H19N3O. The van der Waals surface area contributed by atoms with Gasteiger partial charge in [0.15, 0.2) is 0 Å². The van der Waals surface area contributed by atoms with Crippen LogP contribution in [0.3, 0.4) is 0 Å². The second kappa shape index (κ2) is 3.57. The van der Waals surface area contributed by atoms with Crippen molar-refractivity contribution in [2.24, 2.45) is 12.8 Å². The molecule has 2 aliphatic rings. The number of aryl methyl sites for hydroxylation is 1. The van der Waals surface area contributed by atoms with Crippen LogP contribution >= 0.6 is 0 Å². The molecule has 88 valence electrons. The van der Waals surface area contributed by atoms with Gasteiger partial charge in [-0.3, -0.25) is 4.68 Å². The van der Waals surface area contributed by atoms with Crippen LogP contribution in [-0.4, -0.2) is 23.0 Å². The van der Waals surface area contributed by atoms with Crippen LogP contribution in [0.4, 0.5) is 0 Å². The molecule has 0 amide bonds. The molecule has 0 aromatic carbocycles. The van der Waals surface area contributed by atoms with E-state index in [4.69, 9.17) is 10.5 Å². The molecule has 1 aromatic heterocycles. The summed E-state index contributed by atoms with van der Waals surface area (Å²) in [6.07, 6.45) is 4.38. The predicted octanol–water partition coefficient (Wildman–Crippen LogP) is 1.26. The molecule has 16 heavy (non-hydrogen) atoms. The Morgan fingerprint density at radius 2 is 2.12 bits per heavy atom. The summed E-state index contributed by atoms with van der Waals surface area (Å²) in [5.41, 5.74) is 8.48. The highest BCUT2D eigenvalue weighted by atomic mass is 16.5. The fourth-order valence-electron chi connectivity index (χ4n) is 2.49. The van der Waals surface area contributed by atoms with Gasteiger partial charge in [-0.15, -0.1) is 0 Å². The Bertz CT molecular complexity index is 389. The zero-order chi connectivity index (χ0) is 11.2. The standard InChI is InChI=1S/C12H19N3O/c1-15-10(9-2-6-16-7-3-9)8-11(14-15)12(13)4-5-12/h8-9H,2-7,13H2,1H3. The van der Waals surface area contributed by atoms with E-state index in [-0.39, 0.29) is 5.54 Å². The molecule has 1 saturated carbocycles. The van der Waals surface area contributed by atoms with Crippen LogP contribution in [0, 0.1) is 0 Å². The number of nitrogens with zero attached hydrogens (tertiary/aromatic N) is 2. The van der Waals surface area contributed by atoms with Crippen molar-refractivity contribution < 1.29 is 4.74 Å². The Morgan fingerprint density at radius 1 is 1.44 bits per heavy atom. The topological polar surface area (TPSA) is 53.1 Å². The lowest BCUT2D eigenvalue weighted by Gasteiger charge is -2.21. The molecular weight excluding hydrogens is 202 g/mol. The molecule has 3 rings (SSSR count). The highest BCUT2D eigenvalue weighted by Crippen LogP contribution is 2.43. The first-order valence-electron chi connectivity index (χ1n) is 6.10. The SMILES string of the molecule is Cn1nc(C2(N)CC2)cc1C1CCOCC1. The first-order valence-corrected chi connectivity index (χ1v) is 6.10. The number of hydrogen-bond donors (Lipinski definition) is 1. The molecule has 2 heterocycles. The van der Waals surface area contributed by atoms with Crippen molar-refractivity contribution in [3.05, 3.63) is 17.5 Å². The molecule has 0 atom stereocenters. The average molecular weight is 221 g/mol. The predicted molar refractivity (Wildman–Crippen MR) is 61.1 cm³/mol. The summed E-state index contributed by atoms with van der Waals surface area (Å²) in [6, 6.07) is 2.21. The molecule has 1 aliphatic carbocycles. The fraction of sp³-hybridized carbons (Fsp3) is 0.750. The lowest BCUT2D eigenvalue weighted by molar-refractivity contribution is 0.0837. The molecule has 0 bridgehead atoms. The van der Waals surface area contributed by atoms with Crippen LogP contribution in [0.2, 0.25) is 0 Å². The van der Waals surface area contributed by atoms with Crippen LogP contribution in [0.1, 0.15) is 43.0 Å². The first kappa shape index (κ1) is 10.3. The van der Waals surface area contributed by atoms with Crippen LogP contribution in [-0.2, 0) is 17.3 Å². The van der Waals surface area contributed by atoms with Crippen LogP contribution in [0.5, 0.6) is 0 Å². The molecule has 1 saturated heterocycles. The Kier molecular flexibility index (Phi) is 2.30. The zero-order valence-electron chi connectivity index (χ0n) is 9.78. The molecule has 0 unspecified atom stereocenters. The van der Waals surface area contributed by atoms with E-state index in [9.17, 15) is 0 Å². The normalized spacial score (nSPS) is 24.6. The van der Waals surface area contributed by atoms with Crippen molar-refractivity contribution in [1.29, 1.82) is 0 Å². The van der Waals surface area contributed by atoms with Crippen LogP contribution < -0.4 is 5.73 Å². The second-order valence-electron chi connectivity index (χ2n) is 5.12. The summed E-state index contributed by atoms with van der Waals surface area (Å²) < 4.78 is 7.41. The van der Waals surface area contributed by atoms with Crippen LogP contribution in [0.15, 0.2) is 6.07 Å². The molecule has 1 aliphatic heterocycles. The third-order valence-corrected chi connectivity index (χ3v) is 3.85. The second-order valence-corrected chi connectivity index (χ2v) is 5.12. The summed E-state index contributed by atoms with van der Waals surface area (Å²) in [4.78, 5) is 0. The number of ether oxygens (including phenoxy) is 1. The zero-order valence-corrected chi connectivity index (χ0v) is 9.78. The van der Waals surface area contributed by atoms with Gasteiger partial charge in [-0.25, -0.2) is 0 Å². The molecule has 4 heteroatoms. The van der Waals surface area contributed by atoms with E-state index in [2.05, 4.69) is 11.2 Å². The van der Waals surface area contributed by atoms with Crippen molar-refractivity contribution in [3.63, 3.8) is 0 Å². The van der Waals surface area contributed by atoms with Gasteiger partial charge >= 0.3 is 0 Å². The summed E-state index contributed by atoms with van der Waals surface area (Å²) in [5.74, 6) is 0.599. The number of rotatable bonds is 2. The minimum Gasteiger partial charge on any atom is -0.381 e. The van der Waals surface area contributed by atoms with Gasteiger partial charge in [0.2, 0.25) is 0 Å². The van der Waals surface area contributed by atoms with Gasteiger partial charge in [0.25, 0.3) is 0 Å². The van der Waals surface area contributed by atoms with E-state index in [0.717, 1.165) is 44.6 Å². The van der Waals surface area contributed by atoms with Crippen molar-refractivity contribution >= 4 is 0 Å². The molecule has 2 N–H and O–H groups in total. The Balaban J connectivity index is 1.86. The first-order chi connectivity index (χ1) is 7.69. The Hall–Kier alpha value is -0.870. The maximum atomic E-state index is 6.18. The molecule has 0 spiro atoms. The summed E-state index contributed by atoms with van der Waals surface area (Å²) >= 11 is 0. The van der Waals surface area contributed by atoms with Gasteiger partial charge < -0.3 is 10.5 Å². The summed E-state index contributed by atoms with van der Waals surface area (Å²) in [6.45, 7) is 1.75. The minimum atomic E-state index is -0.110. The van der Waals surface area contributed by atoms with Gasteiger partial charge in [0.1, 0.15) is 0 Å². The fourth-order valence-corrected chi connectivity index (χ4v) is 2.49. The lowest BCUT2D eigenvalue weighted by Crippen LogP contribution is -2.19. The largest absolute Gasteiger partial charge is 0.381 e. The number of aromatic nitrogens is 2. The quantitative estimate of drug-likeness (QED) is 0.818. The third kappa shape index (κ3) is 1.66. The van der Waals surface area contributed by atoms with E-state index in [1.165, 1.54) is 5.69 Å². The van der Waals surface area contributed by atoms with E-state index < -0.39 is 0 Å². The highest BCUT2D eigenvalue weighted by molar-refractivity contribution is 5.26. The number of nitrogens with two attached hydrogens (primary N) is 1. The van der Waals surface area contributed by atoms with Gasteiger partial charge in [-0.2, -0.15) is 5.10 Å². The maximum Gasteiger partial charge on any atom is 0.0826 e. The Labute approximate surface area is 95.8 Å². The summed E-state index contributed by atoms with van der Waals surface area (Å²) in [7, 11) is 2.03. The lowest BCUT2D eigenvalue weighted by atomic mass is 9.96. The van der Waals surface area contributed by atoms with Crippen molar-refractivity contribution in [1.82, 2.24) is 9.78 Å². The van der Waals surface area contributed by atoms with Gasteiger partial charge in [0, 0.05) is 31.9 Å². The van der Waals surface area contributed by atoms with Crippen molar-refractivity contribution in [2.45, 2.75) is 37.1 Å². The Morgan fingerprint density at radius 3 is 2.75 bits per heavy atom. The molecule has 4 nitrogen and oxygen atoms in total. The highest BCUT2D eigenvalue weighted by Gasteiger charge is 2.43. The van der Waals surface area contributed by atoms with Crippen molar-refractivity contribution in [3.8, 4) is 0 Å². The van der Waals surface area contributed by atoms with Gasteiger partial charge in [-0.05, 0) is 31.7 Å².